The molecule has 0 aliphatic carbocycles. The van der Waals surface area contributed by atoms with Gasteiger partial charge in [0.1, 0.15) is 0 Å². The van der Waals surface area contributed by atoms with Gasteiger partial charge in [0.25, 0.3) is 0 Å². The Bertz CT molecular complexity index is 1510. The fraction of sp³-hybridized carbons (Fsp3) is 0.593. The quantitative estimate of drug-likeness (QED) is 0.0980. The molecular weight excluding hydrogens is 1500 g/mol. The van der Waals surface area contributed by atoms with E-state index in [-0.39, 0.29) is 6.03 Å². The Morgan fingerprint density at radius 2 is 0.817 bits per heavy atom. The molecule has 0 heterocycles. The third kappa shape index (κ3) is 79.2. The van der Waals surface area contributed by atoms with E-state index >= 15 is 0 Å². The summed E-state index contributed by atoms with van der Waals surface area (Å²) in [5, 5.41) is 5.50. The zero-order valence-corrected chi connectivity index (χ0v) is 47.7. The van der Waals surface area contributed by atoms with E-state index in [0.29, 0.717) is 11.8 Å². The number of nitrogens with zero attached hydrogens (tertiary/aromatic N) is 1. The van der Waals surface area contributed by atoms with Gasteiger partial charge in [-0.15, -0.1) is 0 Å². The monoisotopic (exact) mass is 1550 g/mol. The van der Waals surface area contributed by atoms with Gasteiger partial charge in [0.05, 0.1) is 5.69 Å². The molecule has 21 nitrogen and oxygen atoms in total. The van der Waals surface area contributed by atoms with Gasteiger partial charge in [-0.1, -0.05) is 103 Å². The van der Waals surface area contributed by atoms with Crippen LogP contribution in [0.1, 0.15) is 79.1 Å². The summed E-state index contributed by atoms with van der Waals surface area (Å²) in [5.41, 5.74) is 0.909. The van der Waals surface area contributed by atoms with E-state index in [0.717, 1.165) is 42.4 Å². The number of fused-ring (bicyclic) bond motifs is 1. The molecule has 0 aliphatic heterocycles. The zero-order valence-electron chi connectivity index (χ0n) is 32.4. The molecule has 0 spiro atoms. The number of carbonyl (C=O) groups is 1. The Morgan fingerprint density at radius 1 is 0.533 bits per heavy atom. The normalized spacial score (nSPS) is 12.5. The molecule has 0 fully saturated rings. The van der Waals surface area contributed by atoms with Crippen LogP contribution >= 0.6 is 0 Å². The summed E-state index contributed by atoms with van der Waals surface area (Å²) in [6.07, 6.45) is 9.58. The van der Waals surface area contributed by atoms with Crippen LogP contribution in [0.15, 0.2) is 42.5 Å². The molecule has 0 aromatic heterocycles. The van der Waals surface area contributed by atoms with E-state index in [1.165, 1.54) is 38.5 Å². The van der Waals surface area contributed by atoms with Crippen molar-refractivity contribution in [2.24, 2.45) is 11.8 Å². The number of anilines is 1. The van der Waals surface area contributed by atoms with E-state index in [1.807, 2.05) is 24.3 Å². The number of unbranched alkanes of at least 4 members (excludes halogenated alkanes) is 2. The van der Waals surface area contributed by atoms with Crippen molar-refractivity contribution >= 4 is 144 Å². The first kappa shape index (κ1) is 69.8. The minimum atomic E-state index is -5.85. The number of carbonyl (C=O) groups excluding carboxylic acids is 1. The van der Waals surface area contributed by atoms with E-state index in [9.17, 15) is 21.7 Å². The van der Waals surface area contributed by atoms with Gasteiger partial charge in [-0.05, 0) is 36.1 Å². The van der Waals surface area contributed by atoms with Crippen LogP contribution in [0.4, 0.5) is 27.4 Å². The third-order valence-corrected chi connectivity index (χ3v) is 6.36. The Kier molecular flexibility index (Phi) is 41.8. The Balaban J connectivity index is -0.000000269. The molecule has 33 heteroatoms. The molecule has 0 saturated heterocycles. The molecule has 358 valence electrons. The molecule has 0 bridgehead atoms. The van der Waals surface area contributed by atoms with Crippen LogP contribution in [0.25, 0.3) is 10.8 Å². The van der Waals surface area contributed by atoms with E-state index in [2.05, 4.69) is 56.1 Å². The van der Waals surface area contributed by atoms with Gasteiger partial charge in [-0.2, -0.15) is 0 Å². The predicted octanol–water partition coefficient (Wildman–Crippen LogP) is 0.946. The average molecular weight is 1560 g/mol. The third-order valence-electron chi connectivity index (χ3n) is 6.36. The van der Waals surface area contributed by atoms with Crippen molar-refractivity contribution in [1.29, 1.82) is 0 Å². The van der Waals surface area contributed by atoms with E-state index < -0.39 is 121 Å². The maximum absolute atomic E-state index is 13.4. The van der Waals surface area contributed by atoms with Crippen LogP contribution < -0.4 is 5.32 Å². The Hall–Kier alpha value is 0.779. The Labute approximate surface area is 376 Å². The maximum atomic E-state index is 13.4. The molecule has 0 radical (unpaired) electrons. The zero-order chi connectivity index (χ0) is 48.8. The number of hydrogen-bond acceptors (Lipinski definition) is 7. The molecule has 60 heavy (non-hydrogen) atoms. The van der Waals surface area contributed by atoms with E-state index in [4.69, 9.17) is 58.7 Å². The molecule has 2 unspecified atom stereocenters. The van der Waals surface area contributed by atoms with Crippen LogP contribution in [0.5, 0.6) is 0 Å². The molecular formula is C27H54F6N2O19Sb6. The summed E-state index contributed by atoms with van der Waals surface area (Å²) in [6, 6.07) is 14.4. The summed E-state index contributed by atoms with van der Waals surface area (Å²) in [7, 11) is 0. The second-order valence-corrected chi connectivity index (χ2v) is 27.7. The first-order valence-corrected chi connectivity index (χ1v) is 42.4. The summed E-state index contributed by atoms with van der Waals surface area (Å²) in [5.74, 6) is 1.15. The number of amides is 2. The average Bonchev–Trinajstić information content (AvgIpc) is 2.99. The summed E-state index contributed by atoms with van der Waals surface area (Å²) in [6.45, 7) is 10.7. The topological polar surface area (TPSA) is 378 Å². The molecule has 2 amide bonds. The fourth-order valence-electron chi connectivity index (χ4n) is 4.23. The van der Waals surface area contributed by atoms with Crippen LogP contribution in [-0.2, 0) is 18.1 Å². The molecule has 2 rings (SSSR count). The van der Waals surface area contributed by atoms with Gasteiger partial charge in [-0.25, -0.2) is 4.79 Å². The molecule has 0 aliphatic rings. The van der Waals surface area contributed by atoms with Gasteiger partial charge in [0, 0.05) is 18.5 Å². The van der Waals surface area contributed by atoms with Crippen molar-refractivity contribution in [1.82, 2.24) is 4.90 Å². The van der Waals surface area contributed by atoms with Gasteiger partial charge in [0.15, 0.2) is 0 Å². The second kappa shape index (κ2) is 36.0. The van der Waals surface area contributed by atoms with Crippen molar-refractivity contribution in [3.63, 3.8) is 0 Å². The molecule has 2 aromatic rings. The summed E-state index contributed by atoms with van der Waals surface area (Å²) >= 11 is -35.1. The number of urea groups is 1. The van der Waals surface area contributed by atoms with Gasteiger partial charge in [-0.3, -0.25) is 0 Å². The standard InChI is InChI=1S/C27H42N2O.6FH.12H2O.6O.6Sb/c1-5-9-14-22(7-3)20-29(21-23(8-4)15-10-6-2)27(30)28-26-19-13-17-24-16-11-12-18-25(24)26;;;;;;;;;;;;;;;;;;;;;;;;;;;;;;/h11-13,16-19,22-23H,5-10,14-15,20-21H2,1-4H3,(H,28,30);6*1H;12*1H2;;;;;;;;;;;;/q;;;;;;;;;;;;;;;;;;;;;;;;;6*+3/p-18. The van der Waals surface area contributed by atoms with Crippen molar-refractivity contribution in [2.75, 3.05) is 18.4 Å². The first-order chi connectivity index (χ1) is 26.6. The molecule has 2 aromatic carbocycles. The molecule has 0 saturated carbocycles. The number of halogens is 6. The first-order valence-electron chi connectivity index (χ1n) is 16.7. The number of benzene rings is 2. The summed E-state index contributed by atoms with van der Waals surface area (Å²) < 4.78 is 200. The molecule has 13 N–H and O–H groups in total. The van der Waals surface area contributed by atoms with Crippen molar-refractivity contribution in [2.45, 2.75) is 79.1 Å². The van der Waals surface area contributed by atoms with Gasteiger partial charge >= 0.3 is 203 Å². The van der Waals surface area contributed by atoms with Crippen LogP contribution in [0.3, 0.4) is 0 Å². The number of nitrogens with one attached hydrogen (secondary N) is 1. The second-order valence-electron chi connectivity index (χ2n) is 11.5. The fourth-order valence-corrected chi connectivity index (χ4v) is 4.23. The number of rotatable bonds is 13. The van der Waals surface area contributed by atoms with Crippen LogP contribution in [0, 0.1) is 11.8 Å². The van der Waals surface area contributed by atoms with Crippen molar-refractivity contribution < 1.29 is 80.4 Å². The van der Waals surface area contributed by atoms with Crippen molar-refractivity contribution in [3.05, 3.63) is 42.5 Å². The van der Waals surface area contributed by atoms with E-state index in [1.54, 1.807) is 0 Å². The Morgan fingerprint density at radius 3 is 1.10 bits per heavy atom. The molecule has 2 atom stereocenters. The van der Waals surface area contributed by atoms with Crippen molar-refractivity contribution in [3.8, 4) is 0 Å². The van der Waals surface area contributed by atoms with Gasteiger partial charge in [0.2, 0.25) is 0 Å². The SMILES string of the molecule is CCCCC(CC)CN(CC(CC)CCCC)C(=O)Nc1cccc2ccccc12.[O]=[Sb]([OH])([OH])[F].[O]=[Sb]([OH])([OH])[F].[O]=[Sb]([OH])([OH])[F].[O]=[Sb]([OH])([OH])[F].[O]=[Sb]([OH])([OH])[F].[O]=[Sb]([OH])([OH])[F]. The van der Waals surface area contributed by atoms with Crippen LogP contribution in [-0.4, -0.2) is 186 Å². The van der Waals surface area contributed by atoms with Gasteiger partial charge < -0.3 is 10.2 Å². The minimum absolute atomic E-state index is 0.0521. The predicted molar refractivity (Wildman–Crippen MR) is 203 cm³/mol. The van der Waals surface area contributed by atoms with Crippen LogP contribution in [0.2, 0.25) is 0 Å². The number of hydrogen-bond donors (Lipinski definition) is 13. The summed E-state index contributed by atoms with van der Waals surface area (Å²) in [4.78, 5) is 15.5.